The number of amides is 1. The van der Waals surface area contributed by atoms with Crippen LogP contribution in [-0.4, -0.2) is 52.3 Å². The number of rotatable bonds is 9. The Kier molecular flexibility index (Phi) is 7.50. The Morgan fingerprint density at radius 1 is 1.05 bits per heavy atom. The molecule has 2 aliphatic rings. The first-order chi connectivity index (χ1) is 18.5. The normalized spacial score (nSPS) is 15.7. The first-order valence-electron chi connectivity index (χ1n) is 11.9. The van der Waals surface area contributed by atoms with E-state index in [0.29, 0.717) is 46.9 Å². The molecule has 0 unspecified atom stereocenters. The lowest BCUT2D eigenvalue weighted by atomic mass is 10.1. The van der Waals surface area contributed by atoms with Crippen molar-refractivity contribution in [1.82, 2.24) is 9.99 Å². The Labute approximate surface area is 224 Å². The average molecular weight is 528 g/mol. The highest BCUT2D eigenvalue weighted by Gasteiger charge is 2.36. The number of pyridine rings is 1. The number of amidine groups is 2. The van der Waals surface area contributed by atoms with Crippen LogP contribution in [0, 0.1) is 12.3 Å². The Morgan fingerprint density at radius 2 is 1.92 bits per heavy atom. The summed E-state index contributed by atoms with van der Waals surface area (Å²) in [4.78, 5) is 21.0. The molecule has 0 spiro atoms. The van der Waals surface area contributed by atoms with Gasteiger partial charge in [-0.15, -0.1) is 0 Å². The van der Waals surface area contributed by atoms with Gasteiger partial charge in [0.1, 0.15) is 10.8 Å². The number of aryl methyl sites for hydroxylation is 1. The summed E-state index contributed by atoms with van der Waals surface area (Å²) in [6, 6.07) is 16.9. The van der Waals surface area contributed by atoms with Gasteiger partial charge in [0.05, 0.1) is 25.9 Å². The van der Waals surface area contributed by atoms with E-state index < -0.39 is 5.91 Å². The number of nitrogens with one attached hydrogen (secondary N) is 1. The summed E-state index contributed by atoms with van der Waals surface area (Å²) in [7, 11) is 1.56. The Bertz CT molecular complexity index is 1470. The molecule has 0 fully saturated rings. The molecule has 0 aliphatic carbocycles. The zero-order valence-corrected chi connectivity index (χ0v) is 21.7. The van der Waals surface area contributed by atoms with Crippen molar-refractivity contribution in [3.63, 3.8) is 0 Å². The number of fused-ring (bicyclic) bond motifs is 1. The van der Waals surface area contributed by atoms with Gasteiger partial charge in [0.15, 0.2) is 17.3 Å². The number of hydrogen-bond donors (Lipinski definition) is 1. The van der Waals surface area contributed by atoms with E-state index in [0.717, 1.165) is 16.9 Å². The van der Waals surface area contributed by atoms with Crippen LogP contribution in [0.15, 0.2) is 82.7 Å². The van der Waals surface area contributed by atoms with E-state index in [9.17, 15) is 4.79 Å². The van der Waals surface area contributed by atoms with Gasteiger partial charge in [0, 0.05) is 24.4 Å². The van der Waals surface area contributed by atoms with Crippen molar-refractivity contribution in [2.45, 2.75) is 13.3 Å². The maximum atomic E-state index is 12.8. The quantitative estimate of drug-likeness (QED) is 0.311. The minimum Gasteiger partial charge on any atom is -0.493 e. The van der Waals surface area contributed by atoms with E-state index in [1.165, 1.54) is 16.8 Å². The summed E-state index contributed by atoms with van der Waals surface area (Å²) in [6.07, 6.45) is 5.66. The van der Waals surface area contributed by atoms with Crippen LogP contribution in [0.2, 0.25) is 0 Å². The van der Waals surface area contributed by atoms with Crippen LogP contribution >= 0.6 is 11.8 Å². The van der Waals surface area contributed by atoms with Crippen molar-refractivity contribution in [2.24, 2.45) is 10.1 Å². The van der Waals surface area contributed by atoms with Gasteiger partial charge in [-0.3, -0.25) is 15.2 Å². The van der Waals surface area contributed by atoms with Crippen LogP contribution in [0.4, 0.5) is 0 Å². The number of nitrogens with zero attached hydrogens (tertiary/aromatic N) is 4. The minimum absolute atomic E-state index is 0.0423. The van der Waals surface area contributed by atoms with E-state index in [2.05, 4.69) is 15.1 Å². The summed E-state index contributed by atoms with van der Waals surface area (Å²) in [5, 5.41) is 15.4. The molecule has 3 aromatic rings. The number of hydrazone groups is 1. The van der Waals surface area contributed by atoms with Gasteiger partial charge in [-0.05, 0) is 72.3 Å². The van der Waals surface area contributed by atoms with Crippen molar-refractivity contribution >= 4 is 39.8 Å². The molecule has 5 rings (SSSR count). The van der Waals surface area contributed by atoms with Crippen molar-refractivity contribution in [1.29, 1.82) is 5.41 Å². The Hall–Kier alpha value is -4.44. The number of thioether (sulfide) groups is 1. The molecule has 2 aromatic carbocycles. The zero-order valence-electron chi connectivity index (χ0n) is 20.9. The van der Waals surface area contributed by atoms with Crippen molar-refractivity contribution in [3.05, 3.63) is 89.3 Å². The fourth-order valence-corrected chi connectivity index (χ4v) is 4.68. The first-order valence-corrected chi connectivity index (χ1v) is 12.7. The van der Waals surface area contributed by atoms with Crippen LogP contribution in [-0.2, 0) is 4.79 Å². The van der Waals surface area contributed by atoms with Gasteiger partial charge in [-0.2, -0.15) is 15.1 Å². The molecule has 0 saturated heterocycles. The van der Waals surface area contributed by atoms with E-state index in [4.69, 9.17) is 19.6 Å². The summed E-state index contributed by atoms with van der Waals surface area (Å²) in [5.41, 5.74) is 2.75. The molecular formula is C28H25N5O4S. The van der Waals surface area contributed by atoms with Crippen LogP contribution in [0.25, 0.3) is 6.08 Å². The fourth-order valence-electron chi connectivity index (χ4n) is 3.79. The lowest BCUT2D eigenvalue weighted by molar-refractivity contribution is -0.114. The summed E-state index contributed by atoms with van der Waals surface area (Å²) >= 11 is 1.23. The van der Waals surface area contributed by atoms with Crippen LogP contribution in [0.3, 0.4) is 0 Å². The minimum atomic E-state index is -0.496. The first kappa shape index (κ1) is 25.2. The number of ether oxygens (including phenoxy) is 3. The molecule has 3 heterocycles. The van der Waals surface area contributed by atoms with Gasteiger partial charge in [-0.25, -0.2) is 0 Å². The highest BCUT2D eigenvalue weighted by Crippen LogP contribution is 2.32. The second-order valence-corrected chi connectivity index (χ2v) is 9.40. The molecule has 9 nitrogen and oxygen atoms in total. The number of carbonyl (C=O) groups is 1. The number of benzene rings is 2. The second kappa shape index (κ2) is 11.3. The number of aromatic nitrogens is 1. The predicted octanol–water partition coefficient (Wildman–Crippen LogP) is 4.91. The highest BCUT2D eigenvalue weighted by molar-refractivity contribution is 8.27. The zero-order chi connectivity index (χ0) is 26.5. The number of hydrogen-bond acceptors (Lipinski definition) is 8. The maximum absolute atomic E-state index is 12.8. The van der Waals surface area contributed by atoms with Crippen molar-refractivity contribution < 1.29 is 19.0 Å². The van der Waals surface area contributed by atoms with E-state index >= 15 is 0 Å². The standard InChI is InChI=1S/C28H25N5O4S/c1-18-6-3-8-21(14-18)36-12-5-13-37-23-10-9-19(16-24(23)35-2)15-22-25(29)33-28(31-26(22)34)38-27(32-33)20-7-4-11-30-17-20/h3-4,6-11,14-17,29H,5,12-13H2,1-2H3/b22-15-,29-25?. The van der Waals surface area contributed by atoms with Gasteiger partial charge in [0.2, 0.25) is 5.17 Å². The van der Waals surface area contributed by atoms with E-state index in [-0.39, 0.29) is 11.4 Å². The average Bonchev–Trinajstić information content (AvgIpc) is 3.36. The highest BCUT2D eigenvalue weighted by atomic mass is 32.2. The largest absolute Gasteiger partial charge is 0.493 e. The van der Waals surface area contributed by atoms with Gasteiger partial charge in [0.25, 0.3) is 5.91 Å². The molecule has 0 bridgehead atoms. The summed E-state index contributed by atoms with van der Waals surface area (Å²) in [5.74, 6) is 1.40. The molecule has 0 radical (unpaired) electrons. The summed E-state index contributed by atoms with van der Waals surface area (Å²) in [6.45, 7) is 3.01. The van der Waals surface area contributed by atoms with Gasteiger partial charge in [-0.1, -0.05) is 18.2 Å². The smallest absolute Gasteiger partial charge is 0.283 e. The lowest BCUT2D eigenvalue weighted by Gasteiger charge is -2.20. The van der Waals surface area contributed by atoms with Crippen LogP contribution < -0.4 is 14.2 Å². The van der Waals surface area contributed by atoms with Crippen LogP contribution in [0.5, 0.6) is 17.2 Å². The SMILES string of the molecule is COc1cc(/C=C2/C(=N)N3N=C(c4cccnc4)SC3=NC2=O)ccc1OCCCOc1cccc(C)c1. The molecule has 0 saturated carbocycles. The number of carbonyl (C=O) groups excluding carboxylic acids is 1. The van der Waals surface area contributed by atoms with Gasteiger partial charge < -0.3 is 14.2 Å². The third-order valence-electron chi connectivity index (χ3n) is 5.67. The van der Waals surface area contributed by atoms with Gasteiger partial charge >= 0.3 is 0 Å². The molecular weight excluding hydrogens is 502 g/mol. The molecule has 38 heavy (non-hydrogen) atoms. The number of aliphatic imine (C=N–C) groups is 1. The molecule has 1 aromatic heterocycles. The van der Waals surface area contributed by atoms with Crippen LogP contribution in [0.1, 0.15) is 23.1 Å². The molecule has 0 atom stereocenters. The molecule has 1 amide bonds. The topological polar surface area (TPSA) is 109 Å². The second-order valence-electron chi connectivity index (χ2n) is 8.44. The molecule has 2 aliphatic heterocycles. The fraction of sp³-hybridized carbons (Fsp3) is 0.179. The molecule has 192 valence electrons. The lowest BCUT2D eigenvalue weighted by Crippen LogP contribution is -2.35. The number of methoxy groups -OCH3 is 1. The third-order valence-corrected chi connectivity index (χ3v) is 6.62. The van der Waals surface area contributed by atoms with E-state index in [1.807, 2.05) is 37.3 Å². The third kappa shape index (κ3) is 5.60. The predicted molar refractivity (Wildman–Crippen MR) is 148 cm³/mol. The van der Waals surface area contributed by atoms with Crippen molar-refractivity contribution in [2.75, 3.05) is 20.3 Å². The summed E-state index contributed by atoms with van der Waals surface area (Å²) < 4.78 is 17.2. The van der Waals surface area contributed by atoms with E-state index in [1.54, 1.807) is 49.8 Å². The Balaban J connectivity index is 1.24. The molecule has 1 N–H and O–H groups in total. The molecule has 10 heteroatoms. The monoisotopic (exact) mass is 527 g/mol. The van der Waals surface area contributed by atoms with Crippen molar-refractivity contribution in [3.8, 4) is 17.2 Å². The Morgan fingerprint density at radius 3 is 2.71 bits per heavy atom. The maximum Gasteiger partial charge on any atom is 0.283 e.